The van der Waals surface area contributed by atoms with E-state index < -0.39 is 11.5 Å². The van der Waals surface area contributed by atoms with Crippen molar-refractivity contribution in [2.75, 3.05) is 11.4 Å². The van der Waals surface area contributed by atoms with Crippen LogP contribution in [0.3, 0.4) is 0 Å². The SMILES string of the molecule is CCC(=O)N1CCc2cc(CNC(=O)c3cc4ccccc4oc3=O)ccc21. The zero-order valence-electron chi connectivity index (χ0n) is 15.5. The van der Waals surface area contributed by atoms with Crippen molar-refractivity contribution in [2.45, 2.75) is 26.3 Å². The number of nitrogens with zero attached hydrogens (tertiary/aromatic N) is 1. The lowest BCUT2D eigenvalue weighted by molar-refractivity contribution is -0.118. The number of para-hydroxylation sites is 1. The van der Waals surface area contributed by atoms with Crippen LogP contribution in [0.2, 0.25) is 0 Å². The van der Waals surface area contributed by atoms with Gasteiger partial charge in [0.2, 0.25) is 5.91 Å². The van der Waals surface area contributed by atoms with E-state index >= 15 is 0 Å². The molecule has 2 heterocycles. The molecule has 0 saturated carbocycles. The lowest BCUT2D eigenvalue weighted by Gasteiger charge is -2.16. The molecule has 1 aromatic heterocycles. The summed E-state index contributed by atoms with van der Waals surface area (Å²) in [4.78, 5) is 38.4. The lowest BCUT2D eigenvalue weighted by Crippen LogP contribution is -2.28. The maximum atomic E-state index is 12.5. The smallest absolute Gasteiger partial charge is 0.349 e. The minimum Gasteiger partial charge on any atom is -0.422 e. The van der Waals surface area contributed by atoms with Gasteiger partial charge in [-0.1, -0.05) is 37.3 Å². The number of rotatable bonds is 4. The molecule has 28 heavy (non-hydrogen) atoms. The first-order valence-corrected chi connectivity index (χ1v) is 9.30. The lowest BCUT2D eigenvalue weighted by atomic mass is 10.1. The average molecular weight is 376 g/mol. The minimum absolute atomic E-state index is 0.0143. The molecule has 0 radical (unpaired) electrons. The van der Waals surface area contributed by atoms with E-state index in [0.29, 0.717) is 30.5 Å². The van der Waals surface area contributed by atoms with Crippen LogP contribution in [0, 0.1) is 0 Å². The van der Waals surface area contributed by atoms with Crippen molar-refractivity contribution in [2.24, 2.45) is 0 Å². The average Bonchev–Trinajstić information content (AvgIpc) is 3.14. The van der Waals surface area contributed by atoms with Crippen molar-refractivity contribution in [3.8, 4) is 0 Å². The van der Waals surface area contributed by atoms with Crippen LogP contribution in [0.1, 0.15) is 34.8 Å². The first-order chi connectivity index (χ1) is 13.6. The third-order valence-corrected chi connectivity index (χ3v) is 4.98. The summed E-state index contributed by atoms with van der Waals surface area (Å²) in [6, 6.07) is 14.4. The van der Waals surface area contributed by atoms with Gasteiger partial charge in [-0.2, -0.15) is 0 Å². The molecule has 0 saturated heterocycles. The van der Waals surface area contributed by atoms with Crippen molar-refractivity contribution < 1.29 is 14.0 Å². The molecule has 1 aliphatic heterocycles. The molecule has 6 nitrogen and oxygen atoms in total. The highest BCUT2D eigenvalue weighted by Crippen LogP contribution is 2.29. The van der Waals surface area contributed by atoms with Crippen molar-refractivity contribution in [3.05, 3.63) is 75.6 Å². The van der Waals surface area contributed by atoms with Crippen LogP contribution >= 0.6 is 0 Å². The van der Waals surface area contributed by atoms with E-state index in [1.165, 1.54) is 0 Å². The van der Waals surface area contributed by atoms with Gasteiger partial charge >= 0.3 is 5.63 Å². The van der Waals surface area contributed by atoms with Gasteiger partial charge in [0.1, 0.15) is 11.1 Å². The maximum Gasteiger partial charge on any atom is 0.349 e. The predicted octanol–water partition coefficient (Wildman–Crippen LogP) is 3.02. The zero-order chi connectivity index (χ0) is 19.7. The van der Waals surface area contributed by atoms with Crippen LogP contribution in [0.4, 0.5) is 5.69 Å². The summed E-state index contributed by atoms with van der Waals surface area (Å²) in [5.74, 6) is -0.356. The molecule has 0 atom stereocenters. The van der Waals surface area contributed by atoms with Crippen molar-refractivity contribution in [1.82, 2.24) is 5.32 Å². The molecule has 1 N–H and O–H groups in total. The molecule has 2 aromatic carbocycles. The third kappa shape index (κ3) is 3.29. The van der Waals surface area contributed by atoms with Gasteiger partial charge in [-0.05, 0) is 35.7 Å². The van der Waals surface area contributed by atoms with Crippen LogP contribution in [-0.4, -0.2) is 18.4 Å². The summed E-state index contributed by atoms with van der Waals surface area (Å²) in [7, 11) is 0. The monoisotopic (exact) mass is 376 g/mol. The molecule has 0 fully saturated rings. The Hall–Kier alpha value is -3.41. The van der Waals surface area contributed by atoms with Gasteiger partial charge in [-0.3, -0.25) is 9.59 Å². The van der Waals surface area contributed by atoms with Gasteiger partial charge < -0.3 is 14.6 Å². The summed E-state index contributed by atoms with van der Waals surface area (Å²) in [5.41, 5.74) is 2.74. The van der Waals surface area contributed by atoms with Crippen molar-refractivity contribution >= 4 is 28.5 Å². The van der Waals surface area contributed by atoms with Crippen LogP contribution in [0.25, 0.3) is 11.0 Å². The number of carbonyl (C=O) groups excluding carboxylic acids is 2. The third-order valence-electron chi connectivity index (χ3n) is 4.98. The number of benzene rings is 2. The summed E-state index contributed by atoms with van der Waals surface area (Å²) < 4.78 is 5.22. The molecular weight excluding hydrogens is 356 g/mol. The van der Waals surface area contributed by atoms with Crippen LogP contribution in [0.5, 0.6) is 0 Å². The molecule has 2 amide bonds. The van der Waals surface area contributed by atoms with Gasteiger partial charge in [-0.25, -0.2) is 4.79 Å². The molecule has 6 heteroatoms. The van der Waals surface area contributed by atoms with Gasteiger partial charge in [0.05, 0.1) is 0 Å². The highest BCUT2D eigenvalue weighted by molar-refractivity contribution is 5.97. The molecule has 3 aromatic rings. The Morgan fingerprint density at radius 1 is 1.14 bits per heavy atom. The Labute approximate surface area is 161 Å². The number of hydrogen-bond acceptors (Lipinski definition) is 4. The zero-order valence-corrected chi connectivity index (χ0v) is 15.5. The molecular formula is C22H20N2O4. The summed E-state index contributed by atoms with van der Waals surface area (Å²) in [5, 5.41) is 3.48. The summed E-state index contributed by atoms with van der Waals surface area (Å²) >= 11 is 0. The van der Waals surface area contributed by atoms with E-state index in [4.69, 9.17) is 4.42 Å². The van der Waals surface area contributed by atoms with Crippen molar-refractivity contribution in [1.29, 1.82) is 0 Å². The van der Waals surface area contributed by atoms with Crippen LogP contribution in [0.15, 0.2) is 57.7 Å². The quantitative estimate of drug-likeness (QED) is 0.710. The number of hydrogen-bond donors (Lipinski definition) is 1. The van der Waals surface area contributed by atoms with Crippen LogP contribution in [-0.2, 0) is 17.8 Å². The first-order valence-electron chi connectivity index (χ1n) is 9.30. The molecule has 0 unspecified atom stereocenters. The van der Waals surface area contributed by atoms with Gasteiger partial charge in [0, 0.05) is 30.6 Å². The van der Waals surface area contributed by atoms with Gasteiger partial charge in [-0.15, -0.1) is 0 Å². The Morgan fingerprint density at radius 2 is 1.96 bits per heavy atom. The fourth-order valence-corrected chi connectivity index (χ4v) is 3.51. The number of fused-ring (bicyclic) bond motifs is 2. The second kappa shape index (κ2) is 7.31. The predicted molar refractivity (Wildman–Crippen MR) is 106 cm³/mol. The second-order valence-corrected chi connectivity index (χ2v) is 6.78. The van der Waals surface area contributed by atoms with E-state index in [1.54, 1.807) is 29.2 Å². The summed E-state index contributed by atoms with van der Waals surface area (Å²) in [6.45, 7) is 2.84. The van der Waals surface area contributed by atoms with E-state index in [0.717, 1.165) is 23.2 Å². The highest BCUT2D eigenvalue weighted by Gasteiger charge is 2.23. The Bertz CT molecular complexity index is 1130. The largest absolute Gasteiger partial charge is 0.422 e. The Balaban J connectivity index is 1.49. The van der Waals surface area contributed by atoms with E-state index in [-0.39, 0.29) is 11.5 Å². The van der Waals surface area contributed by atoms with E-state index in [2.05, 4.69) is 5.32 Å². The second-order valence-electron chi connectivity index (χ2n) is 6.78. The molecule has 4 rings (SSSR count). The Morgan fingerprint density at radius 3 is 2.79 bits per heavy atom. The van der Waals surface area contributed by atoms with Gasteiger partial charge in [0.15, 0.2) is 0 Å². The topological polar surface area (TPSA) is 79.6 Å². The normalized spacial score (nSPS) is 12.8. The standard InChI is InChI=1S/C22H20N2O4/c1-2-20(25)24-10-9-15-11-14(7-8-18(15)24)13-23-21(26)17-12-16-5-3-4-6-19(16)28-22(17)27/h3-8,11-12H,2,9-10,13H2,1H3,(H,23,26). The van der Waals surface area contributed by atoms with Crippen LogP contribution < -0.4 is 15.8 Å². The fourth-order valence-electron chi connectivity index (χ4n) is 3.51. The molecule has 1 aliphatic rings. The van der Waals surface area contributed by atoms with Gasteiger partial charge in [0.25, 0.3) is 5.91 Å². The number of nitrogens with one attached hydrogen (secondary N) is 1. The number of anilines is 1. The molecule has 142 valence electrons. The highest BCUT2D eigenvalue weighted by atomic mass is 16.4. The fraction of sp³-hybridized carbons (Fsp3) is 0.227. The van der Waals surface area contributed by atoms with E-state index in [1.807, 2.05) is 31.2 Å². The van der Waals surface area contributed by atoms with E-state index in [9.17, 15) is 14.4 Å². The molecule has 0 aliphatic carbocycles. The summed E-state index contributed by atoms with van der Waals surface area (Å²) in [6.07, 6.45) is 1.28. The van der Waals surface area contributed by atoms with Crippen molar-refractivity contribution in [3.63, 3.8) is 0 Å². The number of carbonyl (C=O) groups is 2. The molecule has 0 spiro atoms. The Kier molecular flexibility index (Phi) is 4.69. The molecule has 0 bridgehead atoms. The minimum atomic E-state index is -0.654. The number of amides is 2. The maximum absolute atomic E-state index is 12.5. The first kappa shape index (κ1) is 18.0.